The molecule has 38 heavy (non-hydrogen) atoms. The molecule has 4 heteroatoms. The standard InChI is InChI=1S/C34H21N3O/c1-2-9-23(10-3-1)37-35-30-20-17-22(21-31(30)36-37)24-18-19-27(26-12-5-4-11-25(24)26)28-14-8-16-33-34(28)29-13-6-7-15-32(29)38-33/h1-21H. The molecule has 0 saturated heterocycles. The average molecular weight is 488 g/mol. The topological polar surface area (TPSA) is 43.9 Å². The minimum Gasteiger partial charge on any atom is -0.456 e. The quantitative estimate of drug-likeness (QED) is 0.250. The van der Waals surface area contributed by atoms with E-state index in [0.717, 1.165) is 44.2 Å². The largest absolute Gasteiger partial charge is 0.456 e. The molecule has 8 rings (SSSR count). The predicted octanol–water partition coefficient (Wildman–Crippen LogP) is 8.81. The summed E-state index contributed by atoms with van der Waals surface area (Å²) in [6.07, 6.45) is 0. The van der Waals surface area contributed by atoms with Crippen molar-refractivity contribution in [3.8, 4) is 27.9 Å². The van der Waals surface area contributed by atoms with Gasteiger partial charge in [0.1, 0.15) is 22.2 Å². The zero-order chi connectivity index (χ0) is 25.1. The van der Waals surface area contributed by atoms with E-state index in [4.69, 9.17) is 9.52 Å². The van der Waals surface area contributed by atoms with E-state index in [2.05, 4.69) is 84.0 Å². The van der Waals surface area contributed by atoms with E-state index in [-0.39, 0.29) is 0 Å². The zero-order valence-corrected chi connectivity index (χ0v) is 20.4. The molecule has 0 unspecified atom stereocenters. The highest BCUT2D eigenvalue weighted by Crippen LogP contribution is 2.41. The minimum atomic E-state index is 0.870. The van der Waals surface area contributed by atoms with Gasteiger partial charge in [0.05, 0.1) is 5.69 Å². The van der Waals surface area contributed by atoms with Gasteiger partial charge in [-0.3, -0.25) is 0 Å². The second-order valence-corrected chi connectivity index (χ2v) is 9.51. The highest BCUT2D eigenvalue weighted by atomic mass is 16.3. The van der Waals surface area contributed by atoms with Crippen LogP contribution in [0, 0.1) is 0 Å². The molecule has 0 aliphatic heterocycles. The zero-order valence-electron chi connectivity index (χ0n) is 20.4. The summed E-state index contributed by atoms with van der Waals surface area (Å²) in [6, 6.07) is 44.0. The van der Waals surface area contributed by atoms with Crippen LogP contribution in [0.4, 0.5) is 0 Å². The van der Waals surface area contributed by atoms with Gasteiger partial charge in [0.15, 0.2) is 0 Å². The average Bonchev–Trinajstić information content (AvgIpc) is 3.58. The fourth-order valence-electron chi connectivity index (χ4n) is 5.54. The third-order valence-electron chi connectivity index (χ3n) is 7.30. The van der Waals surface area contributed by atoms with Crippen LogP contribution < -0.4 is 0 Å². The molecule has 0 saturated carbocycles. The second-order valence-electron chi connectivity index (χ2n) is 9.51. The second kappa shape index (κ2) is 8.15. The third kappa shape index (κ3) is 3.17. The molecule has 178 valence electrons. The lowest BCUT2D eigenvalue weighted by atomic mass is 9.90. The Labute approximate surface area is 218 Å². The van der Waals surface area contributed by atoms with Gasteiger partial charge in [0.25, 0.3) is 0 Å². The number of para-hydroxylation sites is 2. The van der Waals surface area contributed by atoms with Crippen molar-refractivity contribution in [2.24, 2.45) is 0 Å². The molecule has 0 aliphatic carbocycles. The smallest absolute Gasteiger partial charge is 0.136 e. The predicted molar refractivity (Wildman–Crippen MR) is 155 cm³/mol. The molecule has 0 atom stereocenters. The van der Waals surface area contributed by atoms with Crippen LogP contribution in [0.3, 0.4) is 0 Å². The molecular formula is C34H21N3O. The molecule has 0 fully saturated rings. The van der Waals surface area contributed by atoms with Gasteiger partial charge in [-0.25, -0.2) is 0 Å². The molecule has 6 aromatic carbocycles. The third-order valence-corrected chi connectivity index (χ3v) is 7.30. The molecule has 8 aromatic rings. The van der Waals surface area contributed by atoms with Gasteiger partial charge in [-0.1, -0.05) is 91.0 Å². The van der Waals surface area contributed by atoms with Crippen molar-refractivity contribution in [2.45, 2.75) is 0 Å². The number of hydrogen-bond acceptors (Lipinski definition) is 3. The summed E-state index contributed by atoms with van der Waals surface area (Å²) in [5.41, 5.74) is 9.16. The first-order valence-electron chi connectivity index (χ1n) is 12.7. The van der Waals surface area contributed by atoms with E-state index in [9.17, 15) is 0 Å². The molecule has 0 radical (unpaired) electrons. The Kier molecular flexibility index (Phi) is 4.49. The van der Waals surface area contributed by atoms with Crippen molar-refractivity contribution in [2.75, 3.05) is 0 Å². The van der Waals surface area contributed by atoms with E-state index in [1.165, 1.54) is 27.5 Å². The van der Waals surface area contributed by atoms with Gasteiger partial charge in [-0.2, -0.15) is 4.80 Å². The Morgan fingerprint density at radius 3 is 2.03 bits per heavy atom. The van der Waals surface area contributed by atoms with Crippen molar-refractivity contribution in [3.63, 3.8) is 0 Å². The fourth-order valence-corrected chi connectivity index (χ4v) is 5.54. The molecule has 0 aliphatic rings. The van der Waals surface area contributed by atoms with Crippen LogP contribution in [0.15, 0.2) is 132 Å². The number of fused-ring (bicyclic) bond motifs is 5. The van der Waals surface area contributed by atoms with E-state index in [1.54, 1.807) is 4.80 Å². The summed E-state index contributed by atoms with van der Waals surface area (Å²) in [5, 5.41) is 14.1. The van der Waals surface area contributed by atoms with Crippen molar-refractivity contribution < 1.29 is 4.42 Å². The van der Waals surface area contributed by atoms with Crippen molar-refractivity contribution in [1.29, 1.82) is 0 Å². The Morgan fingerprint density at radius 1 is 0.474 bits per heavy atom. The van der Waals surface area contributed by atoms with Crippen molar-refractivity contribution in [1.82, 2.24) is 15.0 Å². The fraction of sp³-hybridized carbons (Fsp3) is 0. The van der Waals surface area contributed by atoms with Gasteiger partial charge >= 0.3 is 0 Å². The lowest BCUT2D eigenvalue weighted by Crippen LogP contribution is -1.97. The maximum absolute atomic E-state index is 6.18. The summed E-state index contributed by atoms with van der Waals surface area (Å²) >= 11 is 0. The lowest BCUT2D eigenvalue weighted by molar-refractivity contribution is 0.669. The van der Waals surface area contributed by atoms with Crippen LogP contribution in [0.2, 0.25) is 0 Å². The Hall–Kier alpha value is -5.22. The molecular weight excluding hydrogens is 466 g/mol. The Balaban J connectivity index is 1.32. The summed E-state index contributed by atoms with van der Waals surface area (Å²) in [7, 11) is 0. The molecule has 0 amide bonds. The summed E-state index contributed by atoms with van der Waals surface area (Å²) in [6.45, 7) is 0. The maximum Gasteiger partial charge on any atom is 0.136 e. The van der Waals surface area contributed by atoms with Gasteiger partial charge in [-0.05, 0) is 69.4 Å². The van der Waals surface area contributed by atoms with E-state index in [1.807, 2.05) is 48.5 Å². The molecule has 0 spiro atoms. The van der Waals surface area contributed by atoms with Gasteiger partial charge in [-0.15, -0.1) is 10.2 Å². The lowest BCUT2D eigenvalue weighted by Gasteiger charge is -2.13. The minimum absolute atomic E-state index is 0.870. The number of furan rings is 1. The summed E-state index contributed by atoms with van der Waals surface area (Å²) in [5.74, 6) is 0. The van der Waals surface area contributed by atoms with Gasteiger partial charge in [0, 0.05) is 10.8 Å². The summed E-state index contributed by atoms with van der Waals surface area (Å²) < 4.78 is 6.18. The first-order chi connectivity index (χ1) is 18.8. The number of hydrogen-bond donors (Lipinski definition) is 0. The number of aromatic nitrogens is 3. The van der Waals surface area contributed by atoms with E-state index < -0.39 is 0 Å². The Morgan fingerprint density at radius 2 is 1.16 bits per heavy atom. The highest BCUT2D eigenvalue weighted by molar-refractivity contribution is 6.16. The maximum atomic E-state index is 6.18. The Bertz CT molecular complexity index is 2140. The SMILES string of the molecule is c1ccc(-n2nc3ccc(-c4ccc(-c5cccc6oc7ccccc7c56)c5ccccc45)cc3n2)cc1. The van der Waals surface area contributed by atoms with Crippen LogP contribution >= 0.6 is 0 Å². The highest BCUT2D eigenvalue weighted by Gasteiger charge is 2.16. The normalized spacial score (nSPS) is 11.7. The molecule has 2 aromatic heterocycles. The van der Waals surface area contributed by atoms with E-state index >= 15 is 0 Å². The van der Waals surface area contributed by atoms with Crippen molar-refractivity contribution >= 4 is 43.7 Å². The summed E-state index contributed by atoms with van der Waals surface area (Å²) in [4.78, 5) is 1.70. The number of benzene rings is 6. The molecule has 0 N–H and O–H groups in total. The molecule has 2 heterocycles. The van der Waals surface area contributed by atoms with Crippen LogP contribution in [0.5, 0.6) is 0 Å². The van der Waals surface area contributed by atoms with Crippen molar-refractivity contribution in [3.05, 3.63) is 127 Å². The van der Waals surface area contributed by atoms with Crippen LogP contribution in [-0.2, 0) is 0 Å². The van der Waals surface area contributed by atoms with Crippen LogP contribution in [0.25, 0.3) is 71.7 Å². The monoisotopic (exact) mass is 487 g/mol. The first-order valence-corrected chi connectivity index (χ1v) is 12.7. The number of nitrogens with zero attached hydrogens (tertiary/aromatic N) is 3. The van der Waals surface area contributed by atoms with Crippen LogP contribution in [0.1, 0.15) is 0 Å². The molecule has 4 nitrogen and oxygen atoms in total. The van der Waals surface area contributed by atoms with Crippen LogP contribution in [-0.4, -0.2) is 15.0 Å². The molecule has 0 bridgehead atoms. The van der Waals surface area contributed by atoms with E-state index in [0.29, 0.717) is 0 Å². The van der Waals surface area contributed by atoms with Gasteiger partial charge < -0.3 is 4.42 Å². The first kappa shape index (κ1) is 20.9. The number of rotatable bonds is 3. The van der Waals surface area contributed by atoms with Gasteiger partial charge in [0.2, 0.25) is 0 Å².